The number of benzene rings is 1. The van der Waals surface area contributed by atoms with Crippen LogP contribution in [-0.2, 0) is 4.79 Å². The Morgan fingerprint density at radius 2 is 1.79 bits per heavy atom. The lowest BCUT2D eigenvalue weighted by atomic mass is 9.84. The maximum absolute atomic E-state index is 13.2. The second-order valence-corrected chi connectivity index (χ2v) is 8.04. The molecule has 1 aliphatic carbocycles. The molecule has 28 heavy (non-hydrogen) atoms. The zero-order valence-corrected chi connectivity index (χ0v) is 17.7. The third-order valence-corrected chi connectivity index (χ3v) is 6.02. The van der Waals surface area contributed by atoms with Gasteiger partial charge in [0.25, 0.3) is 5.91 Å². The van der Waals surface area contributed by atoms with Gasteiger partial charge in [0.1, 0.15) is 0 Å². The normalized spacial score (nSPS) is 23.0. The van der Waals surface area contributed by atoms with Crippen molar-refractivity contribution in [2.24, 2.45) is 11.7 Å². The molecule has 2 atom stereocenters. The van der Waals surface area contributed by atoms with Crippen molar-refractivity contribution in [2.75, 3.05) is 19.6 Å². The lowest BCUT2D eigenvalue weighted by Gasteiger charge is -2.41. The van der Waals surface area contributed by atoms with Gasteiger partial charge >= 0.3 is 0 Å². The first-order valence-corrected chi connectivity index (χ1v) is 10.5. The Kier molecular flexibility index (Phi) is 8.77. The van der Waals surface area contributed by atoms with Gasteiger partial charge in [-0.3, -0.25) is 9.59 Å². The third kappa shape index (κ3) is 5.48. The van der Waals surface area contributed by atoms with Crippen LogP contribution in [0, 0.1) is 5.92 Å². The van der Waals surface area contributed by atoms with Gasteiger partial charge in [-0.25, -0.2) is 0 Å². The fourth-order valence-electron chi connectivity index (χ4n) is 4.54. The maximum atomic E-state index is 13.2. The van der Waals surface area contributed by atoms with E-state index in [1.54, 1.807) is 0 Å². The standard InChI is InChI=1S/C22H33N3O2.ClH/c1-2-13-25(22(27)18-9-6-10-19(23)16-18)20-11-14-24(15-12-20)21(26)17-7-4-3-5-8-17;/h3-5,7-8,18-20H,2,6,9-16,23H2,1H3;1H. The fraction of sp³-hybridized carbons (Fsp3) is 0.636. The van der Waals surface area contributed by atoms with E-state index in [-0.39, 0.29) is 36.3 Å². The molecule has 2 aliphatic rings. The quantitative estimate of drug-likeness (QED) is 0.812. The van der Waals surface area contributed by atoms with E-state index < -0.39 is 0 Å². The summed E-state index contributed by atoms with van der Waals surface area (Å²) < 4.78 is 0. The first-order valence-electron chi connectivity index (χ1n) is 10.5. The third-order valence-electron chi connectivity index (χ3n) is 6.02. The molecular formula is C22H34ClN3O2. The second kappa shape index (κ2) is 10.8. The van der Waals surface area contributed by atoms with Crippen LogP contribution in [0.5, 0.6) is 0 Å². The molecule has 156 valence electrons. The molecule has 0 bridgehead atoms. The van der Waals surface area contributed by atoms with Crippen LogP contribution >= 0.6 is 12.4 Å². The molecule has 2 amide bonds. The zero-order valence-electron chi connectivity index (χ0n) is 16.9. The Balaban J connectivity index is 0.00000280. The SMILES string of the molecule is CCCN(C(=O)C1CCCC(N)C1)C1CCN(C(=O)c2ccccc2)CC1.Cl. The molecule has 1 aromatic rings. The van der Waals surface area contributed by atoms with Crippen LogP contribution in [-0.4, -0.2) is 53.3 Å². The van der Waals surface area contributed by atoms with Crippen LogP contribution in [0.4, 0.5) is 0 Å². The van der Waals surface area contributed by atoms with Crippen molar-refractivity contribution < 1.29 is 9.59 Å². The van der Waals surface area contributed by atoms with Crippen LogP contribution in [0.2, 0.25) is 0 Å². The molecular weight excluding hydrogens is 374 g/mol. The lowest BCUT2D eigenvalue weighted by Crippen LogP contribution is -2.51. The summed E-state index contributed by atoms with van der Waals surface area (Å²) >= 11 is 0. The van der Waals surface area contributed by atoms with Gasteiger partial charge in [0.05, 0.1) is 0 Å². The number of hydrogen-bond acceptors (Lipinski definition) is 3. The number of piperidine rings is 1. The van der Waals surface area contributed by atoms with E-state index in [0.717, 1.165) is 70.1 Å². The predicted octanol–water partition coefficient (Wildman–Crippen LogP) is 3.47. The molecule has 5 nitrogen and oxygen atoms in total. The average molecular weight is 408 g/mol. The molecule has 2 N–H and O–H groups in total. The van der Waals surface area contributed by atoms with Crippen molar-refractivity contribution in [2.45, 2.75) is 64.0 Å². The van der Waals surface area contributed by atoms with Crippen molar-refractivity contribution >= 4 is 24.2 Å². The van der Waals surface area contributed by atoms with E-state index in [0.29, 0.717) is 5.91 Å². The highest BCUT2D eigenvalue weighted by molar-refractivity contribution is 5.94. The molecule has 2 fully saturated rings. The van der Waals surface area contributed by atoms with Crippen LogP contribution in [0.25, 0.3) is 0 Å². The molecule has 0 spiro atoms. The second-order valence-electron chi connectivity index (χ2n) is 8.04. The number of halogens is 1. The Morgan fingerprint density at radius 3 is 2.39 bits per heavy atom. The monoisotopic (exact) mass is 407 g/mol. The van der Waals surface area contributed by atoms with E-state index in [1.165, 1.54) is 0 Å². The van der Waals surface area contributed by atoms with Crippen LogP contribution in [0.15, 0.2) is 30.3 Å². The van der Waals surface area contributed by atoms with Crippen molar-refractivity contribution in [3.63, 3.8) is 0 Å². The molecule has 0 aromatic heterocycles. The van der Waals surface area contributed by atoms with Crippen molar-refractivity contribution in [3.8, 4) is 0 Å². The van der Waals surface area contributed by atoms with Gasteiger partial charge < -0.3 is 15.5 Å². The number of carbonyl (C=O) groups excluding carboxylic acids is 2. The lowest BCUT2D eigenvalue weighted by molar-refractivity contribution is -0.140. The Labute approximate surface area is 175 Å². The summed E-state index contributed by atoms with van der Waals surface area (Å²) in [6.07, 6.45) is 6.58. The van der Waals surface area contributed by atoms with Crippen LogP contribution < -0.4 is 5.73 Å². The van der Waals surface area contributed by atoms with Gasteiger partial charge in [0.2, 0.25) is 5.91 Å². The minimum Gasteiger partial charge on any atom is -0.339 e. The summed E-state index contributed by atoms with van der Waals surface area (Å²) in [5.74, 6) is 0.477. The summed E-state index contributed by atoms with van der Waals surface area (Å²) in [7, 11) is 0. The van der Waals surface area contributed by atoms with E-state index in [2.05, 4.69) is 11.8 Å². The molecule has 2 unspecified atom stereocenters. The summed E-state index contributed by atoms with van der Waals surface area (Å²) in [4.78, 5) is 29.8. The molecule has 6 heteroatoms. The van der Waals surface area contributed by atoms with Crippen LogP contribution in [0.3, 0.4) is 0 Å². The number of likely N-dealkylation sites (tertiary alicyclic amines) is 1. The van der Waals surface area contributed by atoms with E-state index >= 15 is 0 Å². The van der Waals surface area contributed by atoms with Gasteiger partial charge in [-0.15, -0.1) is 12.4 Å². The molecule has 1 aromatic carbocycles. The van der Waals surface area contributed by atoms with Gasteiger partial charge in [-0.05, 0) is 50.7 Å². The minimum absolute atomic E-state index is 0. The number of hydrogen-bond donors (Lipinski definition) is 1. The van der Waals surface area contributed by atoms with Crippen molar-refractivity contribution in [3.05, 3.63) is 35.9 Å². The van der Waals surface area contributed by atoms with Crippen molar-refractivity contribution in [1.82, 2.24) is 9.80 Å². The highest BCUT2D eigenvalue weighted by Crippen LogP contribution is 2.28. The molecule has 1 saturated heterocycles. The number of nitrogens with zero attached hydrogens (tertiary/aromatic N) is 2. The fourth-order valence-corrected chi connectivity index (χ4v) is 4.54. The summed E-state index contributed by atoms with van der Waals surface area (Å²) in [5.41, 5.74) is 6.85. The van der Waals surface area contributed by atoms with E-state index in [4.69, 9.17) is 5.73 Å². The zero-order chi connectivity index (χ0) is 19.2. The smallest absolute Gasteiger partial charge is 0.253 e. The summed E-state index contributed by atoms with van der Waals surface area (Å²) in [5, 5.41) is 0. The van der Waals surface area contributed by atoms with Crippen molar-refractivity contribution in [1.29, 1.82) is 0 Å². The number of amides is 2. The first-order chi connectivity index (χ1) is 13.1. The van der Waals surface area contributed by atoms with E-state index in [1.807, 2.05) is 35.2 Å². The highest BCUT2D eigenvalue weighted by Gasteiger charge is 2.34. The summed E-state index contributed by atoms with van der Waals surface area (Å²) in [6, 6.07) is 9.87. The molecule has 1 saturated carbocycles. The topological polar surface area (TPSA) is 66.6 Å². The van der Waals surface area contributed by atoms with E-state index in [9.17, 15) is 9.59 Å². The Hall–Kier alpha value is -1.59. The Bertz CT molecular complexity index is 632. The predicted molar refractivity (Wildman–Crippen MR) is 115 cm³/mol. The average Bonchev–Trinajstić information content (AvgIpc) is 2.72. The first kappa shape index (κ1) is 22.7. The molecule has 0 radical (unpaired) electrons. The number of nitrogens with two attached hydrogens (primary N) is 1. The van der Waals surface area contributed by atoms with Gasteiger partial charge in [-0.2, -0.15) is 0 Å². The minimum atomic E-state index is 0. The van der Waals surface area contributed by atoms with Crippen LogP contribution in [0.1, 0.15) is 62.2 Å². The number of rotatable bonds is 5. The highest BCUT2D eigenvalue weighted by atomic mass is 35.5. The Morgan fingerprint density at radius 1 is 1.11 bits per heavy atom. The largest absolute Gasteiger partial charge is 0.339 e. The van der Waals surface area contributed by atoms with Gasteiger partial charge in [0.15, 0.2) is 0 Å². The summed E-state index contributed by atoms with van der Waals surface area (Å²) in [6.45, 7) is 4.37. The molecule has 3 rings (SSSR count). The molecule has 1 heterocycles. The van der Waals surface area contributed by atoms with Gasteiger partial charge in [-0.1, -0.05) is 31.5 Å². The maximum Gasteiger partial charge on any atom is 0.253 e. The number of carbonyl (C=O) groups is 2. The van der Waals surface area contributed by atoms with Gasteiger partial charge in [0, 0.05) is 43.2 Å². The molecule has 1 aliphatic heterocycles.